The van der Waals surface area contributed by atoms with Crippen molar-refractivity contribution in [3.05, 3.63) is 41.2 Å². The maximum absolute atomic E-state index is 10.7. The number of aromatic amines is 1. The molecule has 0 saturated heterocycles. The second-order valence-electron chi connectivity index (χ2n) is 5.09. The van der Waals surface area contributed by atoms with Gasteiger partial charge in [-0.3, -0.25) is 9.59 Å². The zero-order valence-electron chi connectivity index (χ0n) is 13.2. The van der Waals surface area contributed by atoms with Gasteiger partial charge in [0.25, 0.3) is 0 Å². The third kappa shape index (κ3) is 6.68. The van der Waals surface area contributed by atoms with Gasteiger partial charge >= 0.3 is 5.97 Å². The highest BCUT2D eigenvalue weighted by molar-refractivity contribution is 5.92. The van der Waals surface area contributed by atoms with Gasteiger partial charge in [-0.25, -0.2) is 0 Å². The van der Waals surface area contributed by atoms with Crippen molar-refractivity contribution in [2.75, 3.05) is 0 Å². The second kappa shape index (κ2) is 9.29. The largest absolute Gasteiger partial charge is 0.481 e. The minimum Gasteiger partial charge on any atom is -0.481 e. The quantitative estimate of drug-likeness (QED) is 0.735. The Labute approximate surface area is 134 Å². The van der Waals surface area contributed by atoms with Crippen LogP contribution in [0.25, 0.3) is 0 Å². The Morgan fingerprint density at radius 1 is 1.39 bits per heavy atom. The number of tetrazole rings is 1. The van der Waals surface area contributed by atoms with Crippen LogP contribution in [0.3, 0.4) is 0 Å². The molecule has 1 aromatic heterocycles. The number of nitrogens with two attached hydrogens (primary N) is 1. The minimum atomic E-state index is -0.799. The lowest BCUT2D eigenvalue weighted by molar-refractivity contribution is -0.142. The second-order valence-corrected chi connectivity index (χ2v) is 5.09. The van der Waals surface area contributed by atoms with E-state index in [1.165, 1.54) is 0 Å². The Hall–Kier alpha value is -2.77. The number of carbonyl (C=O) groups excluding carboxylic acids is 1. The van der Waals surface area contributed by atoms with Crippen molar-refractivity contribution in [1.29, 1.82) is 0 Å². The van der Waals surface area contributed by atoms with Gasteiger partial charge in [-0.15, -0.1) is 10.2 Å². The van der Waals surface area contributed by atoms with Crippen molar-refractivity contribution < 1.29 is 14.7 Å². The molecule has 0 saturated carbocycles. The van der Waals surface area contributed by atoms with Gasteiger partial charge in [0.05, 0.1) is 5.92 Å². The molecule has 0 fully saturated rings. The van der Waals surface area contributed by atoms with Crippen LogP contribution in [0.4, 0.5) is 0 Å². The molecule has 1 unspecified atom stereocenters. The summed E-state index contributed by atoms with van der Waals surface area (Å²) in [6.07, 6.45) is 1.83. The molecule has 23 heavy (non-hydrogen) atoms. The normalized spacial score (nSPS) is 11.2. The van der Waals surface area contributed by atoms with Crippen LogP contribution in [-0.2, 0) is 11.2 Å². The molecule has 124 valence electrons. The number of benzene rings is 1. The lowest BCUT2D eigenvalue weighted by Crippen LogP contribution is -2.16. The number of primary amides is 1. The highest BCUT2D eigenvalue weighted by atomic mass is 16.4. The molecule has 1 heterocycles. The third-order valence-corrected chi connectivity index (χ3v) is 3.11. The fraction of sp³-hybridized carbons (Fsp3) is 0.400. The Morgan fingerprint density at radius 2 is 2.13 bits per heavy atom. The van der Waals surface area contributed by atoms with E-state index in [0.717, 1.165) is 12.0 Å². The van der Waals surface area contributed by atoms with Crippen LogP contribution in [0.2, 0.25) is 0 Å². The van der Waals surface area contributed by atoms with Crippen molar-refractivity contribution in [2.24, 2.45) is 11.7 Å². The fourth-order valence-corrected chi connectivity index (χ4v) is 1.95. The number of amides is 1. The van der Waals surface area contributed by atoms with Crippen LogP contribution in [0.1, 0.15) is 41.5 Å². The van der Waals surface area contributed by atoms with Gasteiger partial charge in [0.1, 0.15) is 0 Å². The number of aromatic nitrogens is 4. The number of carbonyl (C=O) groups is 2. The summed E-state index contributed by atoms with van der Waals surface area (Å²) in [7, 11) is 0. The van der Waals surface area contributed by atoms with Crippen LogP contribution < -0.4 is 5.73 Å². The van der Waals surface area contributed by atoms with E-state index in [0.29, 0.717) is 24.2 Å². The maximum atomic E-state index is 10.7. The Balaban J connectivity index is 0.000000238. The van der Waals surface area contributed by atoms with Gasteiger partial charge in [0, 0.05) is 12.0 Å². The number of nitrogens with one attached hydrogen (secondary N) is 1. The molecule has 0 radical (unpaired) electrons. The van der Waals surface area contributed by atoms with E-state index in [1.807, 2.05) is 26.0 Å². The van der Waals surface area contributed by atoms with Gasteiger partial charge in [-0.1, -0.05) is 36.3 Å². The molecule has 1 amide bonds. The summed E-state index contributed by atoms with van der Waals surface area (Å²) in [5.41, 5.74) is 6.67. The molecule has 2 aromatic rings. The first kappa shape index (κ1) is 18.3. The molecule has 0 spiro atoms. The monoisotopic (exact) mass is 319 g/mol. The summed E-state index contributed by atoms with van der Waals surface area (Å²) < 4.78 is 0. The van der Waals surface area contributed by atoms with Crippen LogP contribution in [-0.4, -0.2) is 37.6 Å². The number of rotatable bonds is 6. The van der Waals surface area contributed by atoms with E-state index in [2.05, 4.69) is 20.6 Å². The highest BCUT2D eigenvalue weighted by Gasteiger charge is 2.18. The number of aryl methyl sites for hydroxylation is 1. The third-order valence-electron chi connectivity index (χ3n) is 3.11. The molecule has 1 atom stereocenters. The van der Waals surface area contributed by atoms with Gasteiger partial charge < -0.3 is 10.8 Å². The van der Waals surface area contributed by atoms with Gasteiger partial charge in [0.15, 0.2) is 5.82 Å². The van der Waals surface area contributed by atoms with Crippen molar-refractivity contribution in [3.63, 3.8) is 0 Å². The Bertz CT molecular complexity index is 628. The van der Waals surface area contributed by atoms with E-state index < -0.39 is 11.9 Å². The molecule has 8 nitrogen and oxygen atoms in total. The minimum absolute atomic E-state index is 0.347. The lowest BCUT2D eigenvalue weighted by Gasteiger charge is -2.06. The van der Waals surface area contributed by atoms with Crippen molar-refractivity contribution in [3.8, 4) is 0 Å². The fourth-order valence-electron chi connectivity index (χ4n) is 1.95. The molecule has 0 aliphatic heterocycles. The summed E-state index contributed by atoms with van der Waals surface area (Å²) in [4.78, 5) is 21.3. The zero-order chi connectivity index (χ0) is 17.2. The first-order valence-electron chi connectivity index (χ1n) is 7.25. The van der Waals surface area contributed by atoms with Gasteiger partial charge in [0.2, 0.25) is 5.91 Å². The van der Waals surface area contributed by atoms with E-state index in [9.17, 15) is 9.59 Å². The van der Waals surface area contributed by atoms with Crippen molar-refractivity contribution >= 4 is 11.9 Å². The molecular formula is C15H21N5O3. The average molecular weight is 319 g/mol. The standard InChI is InChI=1S/C8H9NO.C7H12N4O2/c1-6-3-2-4-7(5-6)8(9)10;1-2-3-5(7(12)13)4-6-8-10-11-9-6/h2-5H,1H3,(H2,9,10);5H,2-4H2,1H3,(H,12,13)(H,8,9,10,11). The van der Waals surface area contributed by atoms with E-state index in [1.54, 1.807) is 12.1 Å². The van der Waals surface area contributed by atoms with Crippen LogP contribution >= 0.6 is 0 Å². The van der Waals surface area contributed by atoms with E-state index in [-0.39, 0.29) is 5.91 Å². The number of nitrogens with zero attached hydrogens (tertiary/aromatic N) is 3. The molecule has 0 bridgehead atoms. The zero-order valence-corrected chi connectivity index (χ0v) is 13.2. The predicted molar refractivity (Wildman–Crippen MR) is 83.6 cm³/mol. The average Bonchev–Trinajstić information content (AvgIpc) is 3.00. The molecule has 0 aliphatic carbocycles. The topological polar surface area (TPSA) is 135 Å². The van der Waals surface area contributed by atoms with Crippen molar-refractivity contribution in [2.45, 2.75) is 33.1 Å². The Morgan fingerprint density at radius 3 is 2.57 bits per heavy atom. The smallest absolute Gasteiger partial charge is 0.306 e. The molecule has 1 aromatic carbocycles. The Kier molecular flexibility index (Phi) is 7.38. The summed E-state index contributed by atoms with van der Waals surface area (Å²) in [6, 6.07) is 7.21. The maximum Gasteiger partial charge on any atom is 0.306 e. The summed E-state index contributed by atoms with van der Waals surface area (Å²) in [5.74, 6) is -1.11. The number of carboxylic acid groups (broad SMARTS) is 1. The highest BCUT2D eigenvalue weighted by Crippen LogP contribution is 2.10. The van der Waals surface area contributed by atoms with Crippen molar-refractivity contribution in [1.82, 2.24) is 20.6 Å². The molecule has 0 aliphatic rings. The van der Waals surface area contributed by atoms with E-state index in [4.69, 9.17) is 10.8 Å². The summed E-state index contributed by atoms with van der Waals surface area (Å²) in [5, 5.41) is 21.9. The number of hydrogen-bond acceptors (Lipinski definition) is 5. The van der Waals surface area contributed by atoms with E-state index >= 15 is 0 Å². The van der Waals surface area contributed by atoms with Gasteiger partial charge in [-0.05, 0) is 25.5 Å². The number of hydrogen-bond donors (Lipinski definition) is 3. The molecular weight excluding hydrogens is 298 g/mol. The van der Waals surface area contributed by atoms with Crippen LogP contribution in [0.15, 0.2) is 24.3 Å². The van der Waals surface area contributed by atoms with Crippen LogP contribution in [0.5, 0.6) is 0 Å². The molecule has 4 N–H and O–H groups in total. The summed E-state index contributed by atoms with van der Waals surface area (Å²) in [6.45, 7) is 3.87. The van der Waals surface area contributed by atoms with Crippen LogP contribution in [0, 0.1) is 12.8 Å². The number of carboxylic acids is 1. The lowest BCUT2D eigenvalue weighted by atomic mass is 10.00. The number of H-pyrrole nitrogens is 1. The number of aliphatic carboxylic acids is 1. The predicted octanol–water partition coefficient (Wildman–Crippen LogP) is 1.34. The molecule has 8 heteroatoms. The van der Waals surface area contributed by atoms with Gasteiger partial charge in [-0.2, -0.15) is 5.21 Å². The SMILES string of the molecule is CCCC(Cc1nn[nH]n1)C(=O)O.Cc1cccc(C(N)=O)c1. The summed E-state index contributed by atoms with van der Waals surface area (Å²) >= 11 is 0. The molecule has 2 rings (SSSR count). The first-order chi connectivity index (χ1) is 10.9. The first-order valence-corrected chi connectivity index (χ1v) is 7.25.